The van der Waals surface area contributed by atoms with Gasteiger partial charge >= 0.3 is 0 Å². The van der Waals surface area contributed by atoms with E-state index in [2.05, 4.69) is 16.3 Å². The number of carbonyl (C=O) groups excluding carboxylic acids is 1. The molecular weight excluding hydrogens is 384 g/mol. The van der Waals surface area contributed by atoms with Gasteiger partial charge in [0.15, 0.2) is 6.61 Å². The lowest BCUT2D eigenvalue weighted by atomic mass is 10.0. The SMILES string of the molecule is CCNC(=O)COc1ccc(-c2cc(OC)ccc2OC)cc1CN1CCOCC1. The smallest absolute Gasteiger partial charge is 0.257 e. The van der Waals surface area contributed by atoms with Gasteiger partial charge in [0, 0.05) is 37.3 Å². The van der Waals surface area contributed by atoms with Crippen molar-refractivity contribution in [1.82, 2.24) is 10.2 Å². The molecule has 0 bridgehead atoms. The Kier molecular flexibility index (Phi) is 7.93. The predicted molar refractivity (Wildman–Crippen MR) is 115 cm³/mol. The minimum absolute atomic E-state index is 0.00816. The largest absolute Gasteiger partial charge is 0.497 e. The molecule has 0 spiro atoms. The number of nitrogens with one attached hydrogen (secondary N) is 1. The number of hydrogen-bond acceptors (Lipinski definition) is 6. The molecule has 0 radical (unpaired) electrons. The van der Waals surface area contributed by atoms with Gasteiger partial charge in [0.05, 0.1) is 27.4 Å². The van der Waals surface area contributed by atoms with Crippen LogP contribution in [0, 0.1) is 0 Å². The van der Waals surface area contributed by atoms with E-state index in [4.69, 9.17) is 18.9 Å². The highest BCUT2D eigenvalue weighted by molar-refractivity contribution is 5.77. The van der Waals surface area contributed by atoms with Gasteiger partial charge in [-0.25, -0.2) is 0 Å². The lowest BCUT2D eigenvalue weighted by Crippen LogP contribution is -2.35. The molecule has 1 aliphatic rings. The first-order valence-electron chi connectivity index (χ1n) is 10.2. The number of morpholine rings is 1. The Morgan fingerprint density at radius 2 is 1.83 bits per heavy atom. The number of carbonyl (C=O) groups is 1. The number of nitrogens with zero attached hydrogens (tertiary/aromatic N) is 1. The summed E-state index contributed by atoms with van der Waals surface area (Å²) in [6, 6.07) is 11.7. The molecule has 0 atom stereocenters. The van der Waals surface area contributed by atoms with Crippen molar-refractivity contribution >= 4 is 5.91 Å². The summed E-state index contributed by atoms with van der Waals surface area (Å²) in [4.78, 5) is 14.2. The van der Waals surface area contributed by atoms with Crippen molar-refractivity contribution in [2.45, 2.75) is 13.5 Å². The first kappa shape index (κ1) is 21.9. The number of amides is 1. The number of rotatable bonds is 9. The Hall–Kier alpha value is -2.77. The van der Waals surface area contributed by atoms with Crippen LogP contribution in [0.15, 0.2) is 36.4 Å². The molecule has 2 aromatic carbocycles. The highest BCUT2D eigenvalue weighted by atomic mass is 16.5. The van der Waals surface area contributed by atoms with Crippen LogP contribution < -0.4 is 19.5 Å². The van der Waals surface area contributed by atoms with Crippen molar-refractivity contribution in [3.05, 3.63) is 42.0 Å². The molecule has 2 aromatic rings. The van der Waals surface area contributed by atoms with Crippen molar-refractivity contribution in [2.75, 3.05) is 53.7 Å². The van der Waals surface area contributed by atoms with E-state index in [-0.39, 0.29) is 12.5 Å². The van der Waals surface area contributed by atoms with Crippen LogP contribution in [-0.4, -0.2) is 64.5 Å². The fourth-order valence-electron chi connectivity index (χ4n) is 3.44. The number of ether oxygens (including phenoxy) is 4. The van der Waals surface area contributed by atoms with Gasteiger partial charge in [0.25, 0.3) is 5.91 Å². The first-order chi connectivity index (χ1) is 14.6. The van der Waals surface area contributed by atoms with Gasteiger partial charge in [0.1, 0.15) is 17.2 Å². The van der Waals surface area contributed by atoms with E-state index < -0.39 is 0 Å². The van der Waals surface area contributed by atoms with Crippen LogP contribution in [0.2, 0.25) is 0 Å². The fourth-order valence-corrected chi connectivity index (χ4v) is 3.44. The van der Waals surface area contributed by atoms with Gasteiger partial charge in [-0.15, -0.1) is 0 Å². The molecule has 1 heterocycles. The predicted octanol–water partition coefficient (Wildman–Crippen LogP) is 2.72. The average Bonchev–Trinajstić information content (AvgIpc) is 2.78. The van der Waals surface area contributed by atoms with E-state index in [9.17, 15) is 4.79 Å². The van der Waals surface area contributed by atoms with E-state index >= 15 is 0 Å². The molecule has 1 saturated heterocycles. The normalized spacial score (nSPS) is 14.2. The van der Waals surface area contributed by atoms with E-state index in [1.54, 1.807) is 14.2 Å². The maximum Gasteiger partial charge on any atom is 0.257 e. The number of methoxy groups -OCH3 is 2. The molecule has 0 aliphatic carbocycles. The summed E-state index contributed by atoms with van der Waals surface area (Å²) in [6.07, 6.45) is 0. The molecule has 162 valence electrons. The third kappa shape index (κ3) is 5.64. The molecule has 0 aromatic heterocycles. The molecule has 30 heavy (non-hydrogen) atoms. The number of hydrogen-bond donors (Lipinski definition) is 1. The Balaban J connectivity index is 1.91. The number of likely N-dealkylation sites (N-methyl/N-ethyl adjacent to an activating group) is 1. The number of benzene rings is 2. The first-order valence-corrected chi connectivity index (χ1v) is 10.2. The van der Waals surface area contributed by atoms with Crippen molar-refractivity contribution in [1.29, 1.82) is 0 Å². The van der Waals surface area contributed by atoms with E-state index in [1.165, 1.54) is 0 Å². The van der Waals surface area contributed by atoms with E-state index in [1.807, 2.05) is 37.3 Å². The maximum absolute atomic E-state index is 11.9. The fraction of sp³-hybridized carbons (Fsp3) is 0.435. The van der Waals surface area contributed by atoms with Gasteiger partial charge < -0.3 is 24.3 Å². The standard InChI is InChI=1S/C23H30N2O5/c1-4-24-23(26)16-30-21-7-5-17(13-18(21)15-25-9-11-29-12-10-25)20-14-19(27-2)6-8-22(20)28-3/h5-8,13-14H,4,9-12,15-16H2,1-3H3,(H,24,26). The Bertz CT molecular complexity index is 849. The Morgan fingerprint density at radius 3 is 2.53 bits per heavy atom. The van der Waals surface area contributed by atoms with Gasteiger partial charge in [-0.05, 0) is 42.8 Å². The minimum atomic E-state index is -0.131. The zero-order chi connectivity index (χ0) is 21.3. The monoisotopic (exact) mass is 414 g/mol. The molecule has 0 unspecified atom stereocenters. The van der Waals surface area contributed by atoms with Crippen molar-refractivity contribution in [3.63, 3.8) is 0 Å². The summed E-state index contributed by atoms with van der Waals surface area (Å²) in [5, 5.41) is 2.76. The Morgan fingerprint density at radius 1 is 1.07 bits per heavy atom. The Labute approximate surface area is 177 Å². The van der Waals surface area contributed by atoms with Crippen molar-refractivity contribution in [3.8, 4) is 28.4 Å². The highest BCUT2D eigenvalue weighted by Crippen LogP contribution is 2.36. The summed E-state index contributed by atoms with van der Waals surface area (Å²) < 4.78 is 22.3. The summed E-state index contributed by atoms with van der Waals surface area (Å²) in [7, 11) is 3.30. The average molecular weight is 415 g/mol. The second-order valence-electron chi connectivity index (χ2n) is 7.02. The second kappa shape index (κ2) is 10.8. The van der Waals surface area contributed by atoms with Gasteiger partial charge in [-0.2, -0.15) is 0 Å². The third-order valence-corrected chi connectivity index (χ3v) is 5.01. The quantitative estimate of drug-likeness (QED) is 0.681. The summed E-state index contributed by atoms with van der Waals surface area (Å²) in [5.74, 6) is 2.10. The molecule has 0 saturated carbocycles. The molecule has 7 nitrogen and oxygen atoms in total. The lowest BCUT2D eigenvalue weighted by molar-refractivity contribution is -0.123. The van der Waals surface area contributed by atoms with Crippen LogP contribution >= 0.6 is 0 Å². The molecule has 1 aliphatic heterocycles. The van der Waals surface area contributed by atoms with Crippen LogP contribution in [-0.2, 0) is 16.1 Å². The van der Waals surface area contributed by atoms with Gasteiger partial charge in [-0.3, -0.25) is 9.69 Å². The van der Waals surface area contributed by atoms with Gasteiger partial charge in [0.2, 0.25) is 0 Å². The van der Waals surface area contributed by atoms with Crippen LogP contribution in [0.4, 0.5) is 0 Å². The summed E-state index contributed by atoms with van der Waals surface area (Å²) in [5.41, 5.74) is 2.96. The van der Waals surface area contributed by atoms with Gasteiger partial charge in [-0.1, -0.05) is 6.07 Å². The summed E-state index contributed by atoms with van der Waals surface area (Å²) >= 11 is 0. The van der Waals surface area contributed by atoms with Crippen LogP contribution in [0.3, 0.4) is 0 Å². The van der Waals surface area contributed by atoms with Crippen LogP contribution in [0.1, 0.15) is 12.5 Å². The van der Waals surface area contributed by atoms with Crippen LogP contribution in [0.5, 0.6) is 17.2 Å². The second-order valence-corrected chi connectivity index (χ2v) is 7.02. The zero-order valence-electron chi connectivity index (χ0n) is 17.9. The molecule has 1 amide bonds. The highest BCUT2D eigenvalue weighted by Gasteiger charge is 2.17. The maximum atomic E-state index is 11.9. The summed E-state index contributed by atoms with van der Waals surface area (Å²) in [6.45, 7) is 6.34. The minimum Gasteiger partial charge on any atom is -0.497 e. The van der Waals surface area contributed by atoms with E-state index in [0.717, 1.165) is 54.5 Å². The van der Waals surface area contributed by atoms with Crippen molar-refractivity contribution < 1.29 is 23.7 Å². The molecule has 7 heteroatoms. The molecule has 3 rings (SSSR count). The van der Waals surface area contributed by atoms with E-state index in [0.29, 0.717) is 18.8 Å². The van der Waals surface area contributed by atoms with Crippen molar-refractivity contribution in [2.24, 2.45) is 0 Å². The topological polar surface area (TPSA) is 69.3 Å². The lowest BCUT2D eigenvalue weighted by Gasteiger charge is -2.27. The molecular formula is C23H30N2O5. The molecule has 1 N–H and O–H groups in total. The third-order valence-electron chi connectivity index (χ3n) is 5.01. The van der Waals surface area contributed by atoms with Crippen LogP contribution in [0.25, 0.3) is 11.1 Å². The zero-order valence-corrected chi connectivity index (χ0v) is 17.9. The molecule has 1 fully saturated rings.